The summed E-state index contributed by atoms with van der Waals surface area (Å²) in [6, 6.07) is 49.0. The van der Waals surface area contributed by atoms with Crippen LogP contribution in [0.2, 0.25) is 0 Å². The Balaban J connectivity index is 0.000000131. The molecule has 580 valence electrons. The molecule has 12 aromatic rings. The average molecular weight is 1540 g/mol. The maximum atomic E-state index is 15.1. The second-order valence-electron chi connectivity index (χ2n) is 29.1. The molecular formula is C96H86F14O2. The summed E-state index contributed by atoms with van der Waals surface area (Å²) in [6.45, 7) is 15.8. The van der Waals surface area contributed by atoms with Crippen molar-refractivity contribution in [3.05, 3.63) is 294 Å². The number of hydrogen-bond acceptors (Lipinski definition) is 2. The van der Waals surface area contributed by atoms with Crippen LogP contribution in [0.4, 0.5) is 61.5 Å². The standard InChI is InChI=1S/C24H22F4O.C24H20F4.C24H23F3O.C24H21F3/c1-3-5-14-6-8-15(9-7-14)18-12-16-10-11-17-13-19(29-4-2)24(27,28)21(17)20(16)23(26)22(18)25;1-3-5-14-6-8-15(9-7-14)19-13-16-10-11-17-12-18(4-2)24(27,28)21(17)20(16)23(26)22(19)25;1-3-5-14-6-8-15(9-7-14)18-12-16-10-11-17-13-19(28-4-2)23(26)20(17)21(16)24(27)22(18)25;1-3-5-14-6-8-16(9-7-14)19-13-18-11-10-17-12-15(4-2)22(25)20(17)21(18)24(27)23(19)26/h6-12,19H,3-5,13H2,1-2H3;6-13H,3-5H2,1-2H3;6-12,19,23H,3-5,13H2,1-2H3;6-13,22H,3-5H2,1-2H3. The number of benzene rings is 12. The number of halogens is 14. The van der Waals surface area contributed by atoms with Gasteiger partial charge in [0.2, 0.25) is 0 Å². The Morgan fingerprint density at radius 3 is 1.12 bits per heavy atom. The molecule has 0 radical (unpaired) electrons. The molecule has 12 aromatic carbocycles. The molecule has 112 heavy (non-hydrogen) atoms. The van der Waals surface area contributed by atoms with Gasteiger partial charge < -0.3 is 9.47 Å². The highest BCUT2D eigenvalue weighted by molar-refractivity contribution is 5.98. The van der Waals surface area contributed by atoms with Crippen LogP contribution in [-0.4, -0.2) is 25.4 Å². The number of aryl methyl sites for hydroxylation is 4. The number of fused-ring (bicyclic) bond motifs is 12. The van der Waals surface area contributed by atoms with Crippen molar-refractivity contribution in [2.45, 2.75) is 169 Å². The fourth-order valence-electron chi connectivity index (χ4n) is 16.4. The van der Waals surface area contributed by atoms with Crippen molar-refractivity contribution in [3.63, 3.8) is 0 Å². The van der Waals surface area contributed by atoms with Crippen molar-refractivity contribution in [2.24, 2.45) is 0 Å². The average Bonchev–Trinajstić information content (AvgIpc) is 1.55. The van der Waals surface area contributed by atoms with Gasteiger partial charge in [-0.05, 0) is 177 Å². The Morgan fingerprint density at radius 2 is 0.723 bits per heavy atom. The van der Waals surface area contributed by atoms with Crippen LogP contribution in [0.25, 0.3) is 99.7 Å². The lowest BCUT2D eigenvalue weighted by Crippen LogP contribution is -2.29. The molecule has 0 aliphatic heterocycles. The minimum atomic E-state index is -3.37. The van der Waals surface area contributed by atoms with E-state index in [4.69, 9.17) is 9.47 Å². The predicted octanol–water partition coefficient (Wildman–Crippen LogP) is 28.7. The van der Waals surface area contributed by atoms with E-state index in [1.54, 1.807) is 112 Å². The largest absolute Gasteiger partial charge is 0.375 e. The third kappa shape index (κ3) is 15.0. The number of hydrogen-bond donors (Lipinski definition) is 0. The van der Waals surface area contributed by atoms with Gasteiger partial charge >= 0.3 is 0 Å². The Hall–Kier alpha value is -9.90. The third-order valence-corrected chi connectivity index (χ3v) is 22.0. The van der Waals surface area contributed by atoms with Crippen LogP contribution in [0.1, 0.15) is 173 Å². The molecule has 0 heterocycles. The minimum absolute atomic E-state index is 0.0200. The molecule has 0 N–H and O–H groups in total. The van der Waals surface area contributed by atoms with Gasteiger partial charge in [0.25, 0.3) is 11.8 Å². The van der Waals surface area contributed by atoms with Crippen LogP contribution in [0, 0.1) is 46.5 Å². The Morgan fingerprint density at radius 1 is 0.357 bits per heavy atom. The first-order chi connectivity index (χ1) is 53.8. The van der Waals surface area contributed by atoms with Crippen LogP contribution in [0.15, 0.2) is 181 Å². The summed E-state index contributed by atoms with van der Waals surface area (Å²) < 4.78 is 220. The number of rotatable bonds is 18. The predicted molar refractivity (Wildman–Crippen MR) is 423 cm³/mol. The molecule has 4 unspecified atom stereocenters. The van der Waals surface area contributed by atoms with E-state index in [9.17, 15) is 43.9 Å². The van der Waals surface area contributed by atoms with Gasteiger partial charge in [0.05, 0.1) is 6.10 Å². The van der Waals surface area contributed by atoms with Gasteiger partial charge in [0, 0.05) is 97.7 Å². The molecule has 2 nitrogen and oxygen atoms in total. The first kappa shape index (κ1) is 80.2. The zero-order valence-electron chi connectivity index (χ0n) is 63.6. The zero-order chi connectivity index (χ0) is 79.8. The third-order valence-electron chi connectivity index (χ3n) is 22.0. The summed E-state index contributed by atoms with van der Waals surface area (Å²) in [7, 11) is 0. The number of alkyl halides is 6. The van der Waals surface area contributed by atoms with Crippen LogP contribution in [-0.2, 0) is 59.8 Å². The van der Waals surface area contributed by atoms with Crippen LogP contribution in [0.3, 0.4) is 0 Å². The lowest BCUT2D eigenvalue weighted by Gasteiger charge is -2.21. The van der Waals surface area contributed by atoms with Gasteiger partial charge in [-0.15, -0.1) is 0 Å². The van der Waals surface area contributed by atoms with E-state index >= 15 is 17.6 Å². The summed E-state index contributed by atoms with van der Waals surface area (Å²) in [5, 5.41) is 0.978. The molecule has 0 saturated heterocycles. The lowest BCUT2D eigenvalue weighted by atomic mass is 9.93. The highest BCUT2D eigenvalue weighted by atomic mass is 19.3. The zero-order valence-corrected chi connectivity index (χ0v) is 63.6. The Labute approximate surface area is 643 Å². The van der Waals surface area contributed by atoms with Gasteiger partial charge in [-0.3, -0.25) is 0 Å². The van der Waals surface area contributed by atoms with E-state index < -0.39 is 94.1 Å². The van der Waals surface area contributed by atoms with E-state index in [-0.39, 0.29) is 96.3 Å². The second-order valence-corrected chi connectivity index (χ2v) is 29.1. The maximum absolute atomic E-state index is 15.1. The molecule has 16 heteroatoms. The van der Waals surface area contributed by atoms with Crippen molar-refractivity contribution in [1.82, 2.24) is 0 Å². The first-order valence-electron chi connectivity index (χ1n) is 38.7. The molecule has 0 aromatic heterocycles. The highest BCUT2D eigenvalue weighted by Gasteiger charge is 2.51. The molecule has 4 atom stereocenters. The van der Waals surface area contributed by atoms with Crippen molar-refractivity contribution in [2.75, 3.05) is 13.2 Å². The fourth-order valence-corrected chi connectivity index (χ4v) is 16.4. The summed E-state index contributed by atoms with van der Waals surface area (Å²) in [4.78, 5) is 0. The van der Waals surface area contributed by atoms with Crippen LogP contribution >= 0.6 is 0 Å². The molecule has 4 aliphatic rings. The lowest BCUT2D eigenvalue weighted by molar-refractivity contribution is -0.128. The van der Waals surface area contributed by atoms with Gasteiger partial charge in [0.1, 0.15) is 12.3 Å². The van der Waals surface area contributed by atoms with Crippen molar-refractivity contribution in [3.8, 4) is 44.5 Å². The second kappa shape index (κ2) is 33.4. The van der Waals surface area contributed by atoms with Crippen LogP contribution in [0.5, 0.6) is 0 Å². The van der Waals surface area contributed by atoms with Gasteiger partial charge in [-0.1, -0.05) is 219 Å². The van der Waals surface area contributed by atoms with Crippen molar-refractivity contribution >= 4 is 55.2 Å². The summed E-state index contributed by atoms with van der Waals surface area (Å²) in [5.41, 5.74) is 9.41. The topological polar surface area (TPSA) is 18.5 Å². The summed E-state index contributed by atoms with van der Waals surface area (Å²) in [6.07, 6.45) is 7.09. The Bertz CT molecular complexity index is 5590. The molecule has 0 bridgehead atoms. The molecule has 0 spiro atoms. The van der Waals surface area contributed by atoms with Gasteiger partial charge in [-0.25, -0.2) is 43.9 Å². The maximum Gasteiger partial charge on any atom is 0.300 e. The van der Waals surface area contributed by atoms with E-state index in [1.807, 2.05) is 79.7 Å². The Kier molecular flexibility index (Phi) is 23.9. The quantitative estimate of drug-likeness (QED) is 0.0797. The number of allylic oxidation sites excluding steroid dienone is 2. The van der Waals surface area contributed by atoms with Gasteiger partial charge in [0.15, 0.2) is 52.7 Å². The fraction of sp³-hybridized carbons (Fsp3) is 0.292. The van der Waals surface area contributed by atoms with Crippen molar-refractivity contribution < 1.29 is 70.9 Å². The number of ether oxygens (including phenoxy) is 2. The van der Waals surface area contributed by atoms with E-state index in [1.165, 1.54) is 23.8 Å². The molecular weight excluding hydrogens is 1450 g/mol. The monoisotopic (exact) mass is 1540 g/mol. The molecule has 4 aliphatic carbocycles. The SMILES string of the molecule is CCCc1ccc(-c2cc3ccc4c(c3c(F)c2F)C(F)(F)C(CC)=C4)cc1.CCCc1ccc(-c2cc3ccc4c(c3c(F)c2F)C(F)(F)C(OCC)C4)cc1.CCCc1ccc(-c2cc3ccc4c(c3c(F)c2F)C(F)C(CC)=C4)cc1.CCCc1ccc(-c2cc3ccc4c(c3c(F)c2F)C(F)C(OCC)C4)cc1. The molecule has 0 amide bonds. The smallest absolute Gasteiger partial charge is 0.300 e. The first-order valence-corrected chi connectivity index (χ1v) is 38.7. The van der Waals surface area contributed by atoms with Crippen LogP contribution < -0.4 is 0 Å². The van der Waals surface area contributed by atoms with E-state index in [0.29, 0.717) is 74.7 Å². The van der Waals surface area contributed by atoms with Crippen molar-refractivity contribution in [1.29, 1.82) is 0 Å². The van der Waals surface area contributed by atoms with Gasteiger partial charge in [-0.2, -0.15) is 17.6 Å². The minimum Gasteiger partial charge on any atom is -0.375 e. The summed E-state index contributed by atoms with van der Waals surface area (Å²) in [5.74, 6) is -15.1. The molecule has 0 saturated carbocycles. The normalized spacial score (nSPS) is 16.8. The summed E-state index contributed by atoms with van der Waals surface area (Å²) >= 11 is 0. The highest BCUT2D eigenvalue weighted by Crippen LogP contribution is 2.53. The van der Waals surface area contributed by atoms with E-state index in [2.05, 4.69) is 27.7 Å². The molecule has 0 fully saturated rings. The van der Waals surface area contributed by atoms with E-state index in [0.717, 1.165) is 68.1 Å². The molecule has 16 rings (SSSR count).